The minimum Gasteiger partial charge on any atom is -0.356 e. The minimum absolute atomic E-state index is 0.0385. The molecule has 23 heavy (non-hydrogen) atoms. The lowest BCUT2D eigenvalue weighted by Gasteiger charge is -2.30. The van der Waals surface area contributed by atoms with E-state index in [0.717, 1.165) is 6.42 Å². The Kier molecular flexibility index (Phi) is 7.09. The molecule has 2 aliphatic rings. The average Bonchev–Trinajstić information content (AvgIpc) is 2.56. The van der Waals surface area contributed by atoms with Crippen LogP contribution in [0.15, 0.2) is 11.6 Å². The van der Waals surface area contributed by atoms with Crippen LogP contribution in [0.4, 0.5) is 0 Å². The predicted octanol–water partition coefficient (Wildman–Crippen LogP) is 2.44. The Bertz CT molecular complexity index is 520. The van der Waals surface area contributed by atoms with Crippen LogP contribution in [0.2, 0.25) is 0 Å². The maximum absolute atomic E-state index is 12.2. The molecular formula is C17H30N2O3S. The van der Waals surface area contributed by atoms with Crippen LogP contribution in [0, 0.1) is 5.92 Å². The van der Waals surface area contributed by atoms with Gasteiger partial charge in [-0.3, -0.25) is 4.79 Å². The molecule has 0 atom stereocenters. The maximum atomic E-state index is 12.2. The van der Waals surface area contributed by atoms with Crippen LogP contribution in [0.3, 0.4) is 0 Å². The molecule has 0 unspecified atom stereocenters. The number of carbonyl (C=O) groups is 1. The first-order valence-electron chi connectivity index (χ1n) is 8.96. The molecule has 1 amide bonds. The van der Waals surface area contributed by atoms with Crippen molar-refractivity contribution in [1.29, 1.82) is 0 Å². The SMILES string of the molecule is CCCS(=O)(=O)N1CCC(C(=O)NCCC2=CCCCC2)CC1. The summed E-state index contributed by atoms with van der Waals surface area (Å²) >= 11 is 0. The van der Waals surface area contributed by atoms with Crippen LogP contribution < -0.4 is 5.32 Å². The highest BCUT2D eigenvalue weighted by Gasteiger charge is 2.30. The van der Waals surface area contributed by atoms with E-state index >= 15 is 0 Å². The van der Waals surface area contributed by atoms with Gasteiger partial charge in [0.25, 0.3) is 0 Å². The van der Waals surface area contributed by atoms with Crippen LogP contribution in [0.5, 0.6) is 0 Å². The Morgan fingerprint density at radius 3 is 2.65 bits per heavy atom. The summed E-state index contributed by atoms with van der Waals surface area (Å²) in [4.78, 5) is 12.2. The smallest absolute Gasteiger partial charge is 0.223 e. The van der Waals surface area contributed by atoms with Gasteiger partial charge in [-0.25, -0.2) is 12.7 Å². The van der Waals surface area contributed by atoms with E-state index in [9.17, 15) is 13.2 Å². The molecule has 0 aromatic heterocycles. The second-order valence-corrected chi connectivity index (χ2v) is 8.73. The largest absolute Gasteiger partial charge is 0.356 e. The van der Waals surface area contributed by atoms with Crippen LogP contribution in [-0.4, -0.2) is 44.0 Å². The first-order chi connectivity index (χ1) is 11.0. The molecule has 0 bridgehead atoms. The summed E-state index contributed by atoms with van der Waals surface area (Å²) in [7, 11) is -3.12. The molecule has 0 aromatic carbocycles. The van der Waals surface area contributed by atoms with Gasteiger partial charge < -0.3 is 5.32 Å². The van der Waals surface area contributed by atoms with Gasteiger partial charge in [-0.2, -0.15) is 0 Å². The zero-order chi connectivity index (χ0) is 16.7. The van der Waals surface area contributed by atoms with E-state index < -0.39 is 10.0 Å². The minimum atomic E-state index is -3.12. The molecule has 1 aliphatic heterocycles. The third-order valence-electron chi connectivity index (χ3n) is 4.81. The van der Waals surface area contributed by atoms with Crippen molar-refractivity contribution in [2.75, 3.05) is 25.4 Å². The molecule has 1 N–H and O–H groups in total. The number of piperidine rings is 1. The van der Waals surface area contributed by atoms with Crippen molar-refractivity contribution in [2.45, 2.75) is 58.3 Å². The highest BCUT2D eigenvalue weighted by atomic mass is 32.2. The first kappa shape index (κ1) is 18.5. The van der Waals surface area contributed by atoms with E-state index in [0.29, 0.717) is 38.9 Å². The van der Waals surface area contributed by atoms with Gasteiger partial charge in [-0.1, -0.05) is 18.6 Å². The number of hydrogen-bond acceptors (Lipinski definition) is 3. The topological polar surface area (TPSA) is 66.5 Å². The number of amides is 1. The molecule has 2 rings (SSSR count). The van der Waals surface area contributed by atoms with E-state index in [2.05, 4.69) is 11.4 Å². The van der Waals surface area contributed by atoms with Gasteiger partial charge in [0.1, 0.15) is 0 Å². The van der Waals surface area contributed by atoms with Crippen molar-refractivity contribution in [3.63, 3.8) is 0 Å². The van der Waals surface area contributed by atoms with Crippen molar-refractivity contribution in [1.82, 2.24) is 9.62 Å². The van der Waals surface area contributed by atoms with Gasteiger partial charge in [0.05, 0.1) is 5.75 Å². The predicted molar refractivity (Wildman–Crippen MR) is 92.6 cm³/mol. The Hall–Kier alpha value is -0.880. The van der Waals surface area contributed by atoms with Crippen LogP contribution in [0.1, 0.15) is 58.3 Å². The number of hydrogen-bond donors (Lipinski definition) is 1. The van der Waals surface area contributed by atoms with Crippen LogP contribution in [0.25, 0.3) is 0 Å². The zero-order valence-electron chi connectivity index (χ0n) is 14.2. The molecule has 5 nitrogen and oxygen atoms in total. The average molecular weight is 343 g/mol. The van der Waals surface area contributed by atoms with Gasteiger partial charge >= 0.3 is 0 Å². The second-order valence-electron chi connectivity index (χ2n) is 6.64. The summed E-state index contributed by atoms with van der Waals surface area (Å²) in [6.45, 7) is 3.54. The van der Waals surface area contributed by atoms with E-state index in [-0.39, 0.29) is 17.6 Å². The Balaban J connectivity index is 1.70. The second kappa shape index (κ2) is 8.83. The van der Waals surface area contributed by atoms with E-state index in [1.165, 1.54) is 31.3 Å². The number of allylic oxidation sites excluding steroid dienone is 1. The van der Waals surface area contributed by atoms with Crippen molar-refractivity contribution in [3.05, 3.63) is 11.6 Å². The fourth-order valence-corrected chi connectivity index (χ4v) is 4.95. The summed E-state index contributed by atoms with van der Waals surface area (Å²) in [6, 6.07) is 0. The highest BCUT2D eigenvalue weighted by molar-refractivity contribution is 7.89. The van der Waals surface area contributed by atoms with Crippen molar-refractivity contribution in [2.24, 2.45) is 5.92 Å². The first-order valence-corrected chi connectivity index (χ1v) is 10.6. The molecule has 132 valence electrons. The van der Waals surface area contributed by atoms with Gasteiger partial charge in [-0.05, 0) is 51.4 Å². The molecule has 0 aromatic rings. The molecule has 1 fully saturated rings. The summed E-state index contributed by atoms with van der Waals surface area (Å²) < 4.78 is 25.6. The van der Waals surface area contributed by atoms with Crippen molar-refractivity contribution in [3.8, 4) is 0 Å². The monoisotopic (exact) mass is 342 g/mol. The molecule has 6 heteroatoms. The molecule has 1 saturated heterocycles. The van der Waals surface area contributed by atoms with Crippen molar-refractivity contribution >= 4 is 15.9 Å². The lowest BCUT2D eigenvalue weighted by atomic mass is 9.96. The standard InChI is InChI=1S/C17H30N2O3S/c1-2-14-23(21,22)19-12-9-16(10-13-19)17(20)18-11-8-15-6-4-3-5-7-15/h6,16H,2-5,7-14H2,1H3,(H,18,20). The number of nitrogens with one attached hydrogen (secondary N) is 1. The van der Waals surface area contributed by atoms with Crippen molar-refractivity contribution < 1.29 is 13.2 Å². The molecule has 1 aliphatic carbocycles. The van der Waals surface area contributed by atoms with E-state index in [4.69, 9.17) is 0 Å². The molecule has 0 saturated carbocycles. The third-order valence-corrected chi connectivity index (χ3v) is 6.89. The van der Waals surface area contributed by atoms with E-state index in [1.807, 2.05) is 6.92 Å². The third kappa shape index (κ3) is 5.60. The quantitative estimate of drug-likeness (QED) is 0.723. The molecule has 1 heterocycles. The fraction of sp³-hybridized carbons (Fsp3) is 0.824. The molecular weight excluding hydrogens is 312 g/mol. The Morgan fingerprint density at radius 1 is 1.30 bits per heavy atom. The lowest BCUT2D eigenvalue weighted by molar-refractivity contribution is -0.126. The van der Waals surface area contributed by atoms with E-state index in [1.54, 1.807) is 4.31 Å². The van der Waals surface area contributed by atoms with Gasteiger partial charge in [-0.15, -0.1) is 0 Å². The highest BCUT2D eigenvalue weighted by Crippen LogP contribution is 2.21. The zero-order valence-corrected chi connectivity index (χ0v) is 15.0. The van der Waals surface area contributed by atoms with Crippen LogP contribution >= 0.6 is 0 Å². The maximum Gasteiger partial charge on any atom is 0.223 e. The summed E-state index contributed by atoms with van der Waals surface area (Å²) in [5, 5.41) is 3.03. The molecule has 0 spiro atoms. The summed E-state index contributed by atoms with van der Waals surface area (Å²) in [5.74, 6) is 0.260. The molecule has 0 radical (unpaired) electrons. The summed E-state index contributed by atoms with van der Waals surface area (Å²) in [6.07, 6.45) is 10.1. The fourth-order valence-electron chi connectivity index (χ4n) is 3.41. The number of sulfonamides is 1. The number of carbonyl (C=O) groups excluding carboxylic acids is 1. The van der Waals surface area contributed by atoms with Gasteiger partial charge in [0.15, 0.2) is 0 Å². The van der Waals surface area contributed by atoms with Gasteiger partial charge in [0.2, 0.25) is 15.9 Å². The summed E-state index contributed by atoms with van der Waals surface area (Å²) in [5.41, 5.74) is 1.47. The van der Waals surface area contributed by atoms with Gasteiger partial charge in [0, 0.05) is 25.6 Å². The number of rotatable bonds is 7. The van der Waals surface area contributed by atoms with Crippen LogP contribution in [-0.2, 0) is 14.8 Å². The Labute approximate surface area is 140 Å². The normalized spacial score (nSPS) is 21.0. The Morgan fingerprint density at radius 2 is 2.04 bits per heavy atom. The lowest BCUT2D eigenvalue weighted by Crippen LogP contribution is -2.43. The number of nitrogens with zero attached hydrogens (tertiary/aromatic N) is 1.